The molecule has 3 aromatic heterocycles. The van der Waals surface area contributed by atoms with E-state index in [2.05, 4.69) is 10.1 Å². The van der Waals surface area contributed by atoms with E-state index in [0.29, 0.717) is 5.02 Å². The minimum atomic E-state index is 0.194. The average Bonchev–Trinajstić information content (AvgIpc) is 3.09. The monoisotopic (exact) mass is 338 g/mol. The maximum absolute atomic E-state index is 10.4. The Hall–Kier alpha value is -2.79. The van der Waals surface area contributed by atoms with Crippen molar-refractivity contribution in [3.8, 4) is 28.3 Å². The molecule has 120 valence electrons. The van der Waals surface area contributed by atoms with Gasteiger partial charge in [0.15, 0.2) is 0 Å². The summed E-state index contributed by atoms with van der Waals surface area (Å²) in [5.74, 6) is 0.194. The second-order valence-electron chi connectivity index (χ2n) is 5.75. The molecule has 1 aromatic carbocycles. The van der Waals surface area contributed by atoms with Crippen LogP contribution in [-0.4, -0.2) is 24.4 Å². The molecule has 5 nitrogen and oxygen atoms in total. The highest BCUT2D eigenvalue weighted by Crippen LogP contribution is 2.38. The second kappa shape index (κ2) is 5.39. The van der Waals surface area contributed by atoms with Gasteiger partial charge in [-0.3, -0.25) is 9.67 Å². The molecule has 0 fully saturated rings. The zero-order chi connectivity index (χ0) is 16.8. The number of aromatic nitrogens is 4. The average molecular weight is 339 g/mol. The van der Waals surface area contributed by atoms with Crippen molar-refractivity contribution in [2.24, 2.45) is 14.1 Å². The molecule has 0 amide bonds. The summed E-state index contributed by atoms with van der Waals surface area (Å²) < 4.78 is 3.44. The standard InChI is InChI=1S/C18H15ClN4O/c1-22-10-15-16(18(22)24)13(7-8-20-15)14-9-23(2)21-17(14)11-3-5-12(19)6-4-11/h3-10,24H,1-2H3. The van der Waals surface area contributed by atoms with Gasteiger partial charge >= 0.3 is 0 Å². The highest BCUT2D eigenvalue weighted by Gasteiger charge is 2.18. The number of aromatic hydroxyl groups is 1. The van der Waals surface area contributed by atoms with Gasteiger partial charge in [0, 0.05) is 54.4 Å². The van der Waals surface area contributed by atoms with Crippen molar-refractivity contribution < 1.29 is 5.11 Å². The molecule has 0 atom stereocenters. The van der Waals surface area contributed by atoms with Crippen LogP contribution in [0.5, 0.6) is 5.88 Å². The van der Waals surface area contributed by atoms with Gasteiger partial charge in [0.2, 0.25) is 5.88 Å². The van der Waals surface area contributed by atoms with E-state index in [0.717, 1.165) is 33.3 Å². The van der Waals surface area contributed by atoms with Crippen molar-refractivity contribution in [2.45, 2.75) is 0 Å². The third kappa shape index (κ3) is 2.25. The Morgan fingerprint density at radius 2 is 1.75 bits per heavy atom. The summed E-state index contributed by atoms with van der Waals surface area (Å²) in [6.45, 7) is 0. The lowest BCUT2D eigenvalue weighted by Crippen LogP contribution is -1.87. The molecule has 0 spiro atoms. The van der Waals surface area contributed by atoms with E-state index in [1.54, 1.807) is 22.5 Å². The fraction of sp³-hybridized carbons (Fsp3) is 0.111. The van der Waals surface area contributed by atoms with E-state index in [-0.39, 0.29) is 5.88 Å². The summed E-state index contributed by atoms with van der Waals surface area (Å²) in [5.41, 5.74) is 4.39. The molecule has 0 bridgehead atoms. The highest BCUT2D eigenvalue weighted by molar-refractivity contribution is 6.30. The van der Waals surface area contributed by atoms with Gasteiger partial charge in [-0.25, -0.2) is 0 Å². The smallest absolute Gasteiger partial charge is 0.201 e. The largest absolute Gasteiger partial charge is 0.494 e. The molecular formula is C18H15ClN4O. The highest BCUT2D eigenvalue weighted by atomic mass is 35.5. The van der Waals surface area contributed by atoms with Crippen LogP contribution in [0.1, 0.15) is 0 Å². The second-order valence-corrected chi connectivity index (χ2v) is 6.19. The number of pyridine rings is 1. The first kappa shape index (κ1) is 14.8. The van der Waals surface area contributed by atoms with Gasteiger partial charge in [-0.15, -0.1) is 0 Å². The molecule has 3 heterocycles. The number of rotatable bonds is 2. The van der Waals surface area contributed by atoms with Crippen LogP contribution in [0.3, 0.4) is 0 Å². The van der Waals surface area contributed by atoms with Crippen LogP contribution >= 0.6 is 11.6 Å². The lowest BCUT2D eigenvalue weighted by Gasteiger charge is -2.05. The first-order chi connectivity index (χ1) is 11.5. The SMILES string of the molecule is Cn1cc(-c2ccnc3cn(C)c(O)c23)c(-c2ccc(Cl)cc2)n1. The zero-order valence-corrected chi connectivity index (χ0v) is 14.0. The molecule has 6 heteroatoms. The van der Waals surface area contributed by atoms with Crippen LogP contribution in [-0.2, 0) is 14.1 Å². The van der Waals surface area contributed by atoms with Crippen LogP contribution < -0.4 is 0 Å². The van der Waals surface area contributed by atoms with Gasteiger partial charge in [-0.1, -0.05) is 23.7 Å². The Balaban J connectivity index is 2.00. The van der Waals surface area contributed by atoms with Crippen molar-refractivity contribution in [1.82, 2.24) is 19.3 Å². The van der Waals surface area contributed by atoms with Crippen molar-refractivity contribution in [2.75, 3.05) is 0 Å². The molecule has 0 saturated carbocycles. The predicted octanol–water partition coefficient (Wildman–Crippen LogP) is 4.00. The Morgan fingerprint density at radius 3 is 2.50 bits per heavy atom. The summed E-state index contributed by atoms with van der Waals surface area (Å²) in [4.78, 5) is 4.34. The maximum atomic E-state index is 10.4. The molecule has 1 N–H and O–H groups in total. The van der Waals surface area contributed by atoms with Crippen LogP contribution in [0, 0.1) is 0 Å². The summed E-state index contributed by atoms with van der Waals surface area (Å²) in [6, 6.07) is 9.47. The zero-order valence-electron chi connectivity index (χ0n) is 13.2. The normalized spacial score (nSPS) is 11.3. The Labute approximate surface area is 143 Å². The van der Waals surface area contributed by atoms with E-state index in [4.69, 9.17) is 11.6 Å². The lowest BCUT2D eigenvalue weighted by atomic mass is 10.00. The van der Waals surface area contributed by atoms with Crippen LogP contribution in [0.4, 0.5) is 0 Å². The van der Waals surface area contributed by atoms with Gasteiger partial charge in [-0.05, 0) is 18.2 Å². The van der Waals surface area contributed by atoms with Crippen LogP contribution in [0.15, 0.2) is 48.9 Å². The molecule has 4 aromatic rings. The molecule has 24 heavy (non-hydrogen) atoms. The first-order valence-electron chi connectivity index (χ1n) is 7.47. The number of fused-ring (bicyclic) bond motifs is 1. The topological polar surface area (TPSA) is 55.9 Å². The quantitative estimate of drug-likeness (QED) is 0.601. The number of hydrogen-bond acceptors (Lipinski definition) is 3. The Kier molecular flexibility index (Phi) is 3.32. The van der Waals surface area contributed by atoms with Gasteiger partial charge in [0.05, 0.1) is 10.9 Å². The molecule has 0 unspecified atom stereocenters. The summed E-state index contributed by atoms with van der Waals surface area (Å²) in [6.07, 6.45) is 5.51. The minimum absolute atomic E-state index is 0.194. The molecule has 0 radical (unpaired) electrons. The third-order valence-electron chi connectivity index (χ3n) is 4.09. The maximum Gasteiger partial charge on any atom is 0.201 e. The fourth-order valence-corrected chi connectivity index (χ4v) is 3.09. The first-order valence-corrected chi connectivity index (χ1v) is 7.85. The number of hydrogen-bond donors (Lipinski definition) is 1. The van der Waals surface area contributed by atoms with E-state index in [1.165, 1.54) is 0 Å². The van der Waals surface area contributed by atoms with E-state index in [9.17, 15) is 5.11 Å². The van der Waals surface area contributed by atoms with E-state index < -0.39 is 0 Å². The van der Waals surface area contributed by atoms with Crippen molar-refractivity contribution >= 4 is 22.5 Å². The van der Waals surface area contributed by atoms with Crippen molar-refractivity contribution in [3.05, 3.63) is 53.9 Å². The number of aryl methyl sites for hydroxylation is 2. The predicted molar refractivity (Wildman–Crippen MR) is 95.0 cm³/mol. The van der Waals surface area contributed by atoms with Crippen molar-refractivity contribution in [1.29, 1.82) is 0 Å². The fourth-order valence-electron chi connectivity index (χ4n) is 2.96. The van der Waals surface area contributed by atoms with Crippen LogP contribution in [0.2, 0.25) is 5.02 Å². The third-order valence-corrected chi connectivity index (χ3v) is 4.34. The number of nitrogens with zero attached hydrogens (tertiary/aromatic N) is 4. The summed E-state index contributed by atoms with van der Waals surface area (Å²) in [5, 5.41) is 16.4. The number of benzene rings is 1. The van der Waals surface area contributed by atoms with Crippen molar-refractivity contribution in [3.63, 3.8) is 0 Å². The van der Waals surface area contributed by atoms with Gasteiger partial charge in [-0.2, -0.15) is 5.10 Å². The number of halogens is 1. The van der Waals surface area contributed by atoms with Crippen LogP contribution in [0.25, 0.3) is 33.3 Å². The minimum Gasteiger partial charge on any atom is -0.494 e. The summed E-state index contributed by atoms with van der Waals surface area (Å²) >= 11 is 5.99. The van der Waals surface area contributed by atoms with Gasteiger partial charge in [0.25, 0.3) is 0 Å². The summed E-state index contributed by atoms with van der Waals surface area (Å²) in [7, 11) is 3.68. The molecular weight excluding hydrogens is 324 g/mol. The van der Waals surface area contributed by atoms with E-state index in [1.807, 2.05) is 49.8 Å². The Bertz CT molecular complexity index is 1050. The van der Waals surface area contributed by atoms with Gasteiger partial charge in [0.1, 0.15) is 5.69 Å². The molecule has 0 aliphatic carbocycles. The molecule has 4 rings (SSSR count). The molecule has 0 aliphatic rings. The molecule has 0 saturated heterocycles. The Morgan fingerprint density at radius 1 is 1.00 bits per heavy atom. The van der Waals surface area contributed by atoms with Gasteiger partial charge < -0.3 is 9.67 Å². The van der Waals surface area contributed by atoms with E-state index >= 15 is 0 Å². The lowest BCUT2D eigenvalue weighted by molar-refractivity contribution is 0.438. The molecule has 0 aliphatic heterocycles.